The smallest absolute Gasteiger partial charge is 0.166 e. The van der Waals surface area contributed by atoms with Crippen molar-refractivity contribution in [1.29, 1.82) is 0 Å². The first-order chi connectivity index (χ1) is 14.5. The second-order valence-electron chi connectivity index (χ2n) is 6.67. The minimum Gasteiger partial charge on any atom is -0.482 e. The molecular formula is C22H25FN6O. The predicted octanol–water partition coefficient (Wildman–Crippen LogP) is 2.87. The van der Waals surface area contributed by atoms with E-state index in [1.54, 1.807) is 24.4 Å². The van der Waals surface area contributed by atoms with Gasteiger partial charge in [0.25, 0.3) is 0 Å². The number of aromatic nitrogens is 1. The van der Waals surface area contributed by atoms with Crippen LogP contribution in [0.4, 0.5) is 10.2 Å². The molecule has 2 heterocycles. The van der Waals surface area contributed by atoms with E-state index in [-0.39, 0.29) is 18.2 Å². The number of fused-ring (bicyclic) bond motifs is 3. The summed E-state index contributed by atoms with van der Waals surface area (Å²) < 4.78 is 20.2. The summed E-state index contributed by atoms with van der Waals surface area (Å²) in [6.07, 6.45) is 5.62. The van der Waals surface area contributed by atoms with Gasteiger partial charge in [0.15, 0.2) is 11.6 Å². The Balaban J connectivity index is 2.28. The molecule has 6 N–H and O–H groups in total. The number of allylic oxidation sites excluding steroid dienone is 1. The second-order valence-corrected chi connectivity index (χ2v) is 6.67. The molecule has 1 unspecified atom stereocenters. The molecule has 0 aliphatic carbocycles. The van der Waals surface area contributed by atoms with E-state index >= 15 is 0 Å². The summed E-state index contributed by atoms with van der Waals surface area (Å²) in [4.78, 5) is 13.5. The van der Waals surface area contributed by atoms with E-state index in [0.717, 1.165) is 0 Å². The van der Waals surface area contributed by atoms with Crippen LogP contribution in [-0.4, -0.2) is 29.5 Å². The molecule has 8 heteroatoms. The lowest BCUT2D eigenvalue weighted by atomic mass is 9.97. The number of hydrogen-bond acceptors (Lipinski definition) is 7. The number of pyridine rings is 1. The van der Waals surface area contributed by atoms with Crippen LogP contribution in [0.25, 0.3) is 0 Å². The van der Waals surface area contributed by atoms with Crippen molar-refractivity contribution in [2.24, 2.45) is 21.5 Å². The molecule has 0 saturated heterocycles. The minimum atomic E-state index is -0.526. The van der Waals surface area contributed by atoms with E-state index in [2.05, 4.69) is 9.98 Å². The van der Waals surface area contributed by atoms with Crippen LogP contribution < -0.4 is 21.9 Å². The number of rotatable bonds is 2. The van der Waals surface area contributed by atoms with Crippen molar-refractivity contribution in [2.45, 2.75) is 20.0 Å². The summed E-state index contributed by atoms with van der Waals surface area (Å²) in [5, 5.41) is 0. The fourth-order valence-corrected chi connectivity index (χ4v) is 3.27. The van der Waals surface area contributed by atoms with Gasteiger partial charge in [0.05, 0.1) is 18.0 Å². The average molecular weight is 408 g/mol. The van der Waals surface area contributed by atoms with Crippen molar-refractivity contribution in [3.63, 3.8) is 0 Å². The SMILES string of the molecule is CCN=C1C(=CN)CN=C(C=CN)c2ccc(F)cc2C(C)Oc2cc1cnc2N. The molecule has 1 aliphatic rings. The maximum atomic E-state index is 14.1. The Kier molecular flexibility index (Phi) is 6.46. The average Bonchev–Trinajstić information content (AvgIpc) is 2.73. The molecule has 3 rings (SSSR count). The number of nitrogen functional groups attached to an aromatic ring is 1. The molecule has 1 aliphatic heterocycles. The van der Waals surface area contributed by atoms with Crippen molar-refractivity contribution in [3.05, 3.63) is 77.0 Å². The Morgan fingerprint density at radius 1 is 1.30 bits per heavy atom. The van der Waals surface area contributed by atoms with Gasteiger partial charge in [-0.05, 0) is 50.4 Å². The summed E-state index contributed by atoms with van der Waals surface area (Å²) in [5.41, 5.74) is 21.6. The number of benzene rings is 1. The molecular weight excluding hydrogens is 383 g/mol. The van der Waals surface area contributed by atoms with E-state index in [1.807, 2.05) is 13.8 Å². The van der Waals surface area contributed by atoms with Crippen LogP contribution in [0.15, 0.2) is 64.5 Å². The zero-order chi connectivity index (χ0) is 21.7. The van der Waals surface area contributed by atoms with Crippen LogP contribution in [0, 0.1) is 5.82 Å². The Labute approximate surface area is 174 Å². The first-order valence-corrected chi connectivity index (χ1v) is 9.59. The first-order valence-electron chi connectivity index (χ1n) is 9.59. The van der Waals surface area contributed by atoms with Gasteiger partial charge in [0.1, 0.15) is 11.9 Å². The van der Waals surface area contributed by atoms with E-state index in [0.29, 0.717) is 46.0 Å². The highest BCUT2D eigenvalue weighted by molar-refractivity contribution is 6.14. The quantitative estimate of drug-likeness (QED) is 0.705. The summed E-state index contributed by atoms with van der Waals surface area (Å²) in [6.45, 7) is 4.54. The van der Waals surface area contributed by atoms with Crippen LogP contribution in [0.3, 0.4) is 0 Å². The van der Waals surface area contributed by atoms with Crippen LogP contribution in [0.2, 0.25) is 0 Å². The van der Waals surface area contributed by atoms with Crippen LogP contribution in [0.5, 0.6) is 5.75 Å². The van der Waals surface area contributed by atoms with Crippen molar-refractivity contribution in [3.8, 4) is 5.75 Å². The number of halogens is 1. The molecule has 0 fully saturated rings. The lowest BCUT2D eigenvalue weighted by molar-refractivity contribution is 0.227. The minimum absolute atomic E-state index is 0.227. The topological polar surface area (TPSA) is 125 Å². The first kappa shape index (κ1) is 21.0. The largest absolute Gasteiger partial charge is 0.482 e. The van der Waals surface area contributed by atoms with E-state index in [9.17, 15) is 4.39 Å². The molecule has 0 radical (unpaired) electrons. The highest BCUT2D eigenvalue weighted by atomic mass is 19.1. The Bertz CT molecular complexity index is 1060. The molecule has 156 valence electrons. The lowest BCUT2D eigenvalue weighted by Gasteiger charge is -2.21. The molecule has 30 heavy (non-hydrogen) atoms. The fraction of sp³-hybridized carbons (Fsp3) is 0.227. The van der Waals surface area contributed by atoms with Crippen LogP contribution in [-0.2, 0) is 0 Å². The van der Waals surface area contributed by atoms with Crippen LogP contribution >= 0.6 is 0 Å². The number of nitrogens with two attached hydrogens (primary N) is 3. The molecule has 0 spiro atoms. The third kappa shape index (κ3) is 4.32. The molecule has 0 saturated carbocycles. The standard InChI is InChI=1S/C22H25FN6O/c1-3-27-21-14-8-20(22(26)29-11-14)30-13(2)18-9-16(23)4-5-17(18)19(6-7-24)28-12-15(21)10-25/h4-11,13H,3,12,24-25H2,1-2H3,(H2,26,29). The third-order valence-electron chi connectivity index (χ3n) is 4.68. The summed E-state index contributed by atoms with van der Waals surface area (Å²) in [5.74, 6) is 0.224. The molecule has 1 atom stereocenters. The number of ether oxygens (including phenoxy) is 1. The van der Waals surface area contributed by atoms with Gasteiger partial charge in [-0.2, -0.15) is 0 Å². The van der Waals surface area contributed by atoms with Gasteiger partial charge in [0, 0.05) is 41.2 Å². The summed E-state index contributed by atoms with van der Waals surface area (Å²) in [7, 11) is 0. The Morgan fingerprint density at radius 3 is 2.80 bits per heavy atom. The Morgan fingerprint density at radius 2 is 2.10 bits per heavy atom. The fourth-order valence-electron chi connectivity index (χ4n) is 3.27. The molecule has 2 bridgehead atoms. The van der Waals surface area contributed by atoms with Gasteiger partial charge in [-0.3, -0.25) is 9.98 Å². The zero-order valence-electron chi connectivity index (χ0n) is 17.0. The predicted molar refractivity (Wildman–Crippen MR) is 118 cm³/mol. The van der Waals surface area contributed by atoms with Gasteiger partial charge >= 0.3 is 0 Å². The van der Waals surface area contributed by atoms with Gasteiger partial charge in [-0.15, -0.1) is 0 Å². The summed E-state index contributed by atoms with van der Waals surface area (Å²) >= 11 is 0. The highest BCUT2D eigenvalue weighted by Crippen LogP contribution is 2.30. The number of anilines is 1. The van der Waals surface area contributed by atoms with Crippen LogP contribution in [0.1, 0.15) is 36.6 Å². The molecule has 1 aromatic heterocycles. The maximum absolute atomic E-state index is 14.1. The van der Waals surface area contributed by atoms with Gasteiger partial charge in [0.2, 0.25) is 0 Å². The van der Waals surface area contributed by atoms with Crippen molar-refractivity contribution in [2.75, 3.05) is 18.8 Å². The van der Waals surface area contributed by atoms with Crippen molar-refractivity contribution < 1.29 is 9.13 Å². The van der Waals surface area contributed by atoms with Gasteiger partial charge < -0.3 is 21.9 Å². The molecule has 1 aromatic carbocycles. The second kappa shape index (κ2) is 9.21. The van der Waals surface area contributed by atoms with Gasteiger partial charge in [-0.1, -0.05) is 0 Å². The molecule has 2 aromatic rings. The van der Waals surface area contributed by atoms with E-state index in [4.69, 9.17) is 26.9 Å². The van der Waals surface area contributed by atoms with Crippen molar-refractivity contribution >= 4 is 17.2 Å². The zero-order valence-corrected chi connectivity index (χ0v) is 17.0. The molecule has 0 amide bonds. The van der Waals surface area contributed by atoms with E-state index in [1.165, 1.54) is 24.5 Å². The number of aliphatic imine (C=N–C) groups is 2. The number of hydrogen-bond donors (Lipinski definition) is 3. The van der Waals surface area contributed by atoms with E-state index < -0.39 is 6.10 Å². The highest BCUT2D eigenvalue weighted by Gasteiger charge is 2.20. The van der Waals surface area contributed by atoms with Crippen molar-refractivity contribution in [1.82, 2.24) is 4.98 Å². The van der Waals surface area contributed by atoms with Gasteiger partial charge in [-0.25, -0.2) is 9.37 Å². The third-order valence-corrected chi connectivity index (χ3v) is 4.68. The lowest BCUT2D eigenvalue weighted by Crippen LogP contribution is -2.17. The number of nitrogens with zero attached hydrogens (tertiary/aromatic N) is 3. The molecule has 7 nitrogen and oxygen atoms in total. The maximum Gasteiger partial charge on any atom is 0.166 e. The normalized spacial score (nSPS) is 19.7. The summed E-state index contributed by atoms with van der Waals surface area (Å²) in [6, 6.07) is 6.21. The Hall–Kier alpha value is -3.68. The monoisotopic (exact) mass is 408 g/mol.